The molecule has 0 nitrogen and oxygen atoms in total. The lowest BCUT2D eigenvalue weighted by Crippen LogP contribution is -1.96. The molecule has 0 heterocycles. The van der Waals surface area contributed by atoms with Gasteiger partial charge in [0.05, 0.1) is 0 Å². The molecular formula is C17H29Cl. The van der Waals surface area contributed by atoms with Gasteiger partial charge in [0.25, 0.3) is 0 Å². The Kier molecular flexibility index (Phi) is 11.3. The zero-order chi connectivity index (χ0) is 13.8. The SMILES string of the molecule is CC/C(C)=C/CCC(CC)C/C=C/C(C)=C/CCl. The highest BCUT2D eigenvalue weighted by atomic mass is 35.5. The van der Waals surface area contributed by atoms with Gasteiger partial charge in [-0.2, -0.15) is 0 Å². The van der Waals surface area contributed by atoms with E-state index in [9.17, 15) is 0 Å². The quantitative estimate of drug-likeness (QED) is 0.262. The van der Waals surface area contributed by atoms with Gasteiger partial charge in [0.2, 0.25) is 0 Å². The van der Waals surface area contributed by atoms with Gasteiger partial charge in [-0.05, 0) is 45.4 Å². The van der Waals surface area contributed by atoms with Crippen LogP contribution in [0.2, 0.25) is 0 Å². The highest BCUT2D eigenvalue weighted by molar-refractivity contribution is 6.18. The van der Waals surface area contributed by atoms with Crippen molar-refractivity contribution in [3.63, 3.8) is 0 Å². The maximum atomic E-state index is 5.66. The molecule has 0 bridgehead atoms. The van der Waals surface area contributed by atoms with Crippen molar-refractivity contribution < 1.29 is 0 Å². The van der Waals surface area contributed by atoms with Gasteiger partial charge in [-0.1, -0.05) is 55.7 Å². The highest BCUT2D eigenvalue weighted by Crippen LogP contribution is 2.17. The van der Waals surface area contributed by atoms with E-state index in [2.05, 4.69) is 45.9 Å². The van der Waals surface area contributed by atoms with Gasteiger partial charge in [-0.15, -0.1) is 11.6 Å². The standard InChI is InChI=1S/C17H29Cl/c1-5-15(3)9-7-11-17(6-2)12-8-10-16(4)13-14-18/h8-10,13,17H,5-7,11-12,14H2,1-4H3/b10-8+,15-9+,16-13+. The molecule has 0 spiro atoms. The second kappa shape index (κ2) is 11.6. The molecule has 0 aliphatic carbocycles. The minimum absolute atomic E-state index is 0.606. The van der Waals surface area contributed by atoms with Crippen LogP contribution < -0.4 is 0 Å². The van der Waals surface area contributed by atoms with Gasteiger partial charge in [-0.25, -0.2) is 0 Å². The number of allylic oxidation sites excluding steroid dienone is 6. The predicted octanol–water partition coefficient (Wildman–Crippen LogP) is 6.28. The van der Waals surface area contributed by atoms with Crippen molar-refractivity contribution in [2.45, 2.75) is 59.8 Å². The molecule has 0 aliphatic heterocycles. The Balaban J connectivity index is 4.01. The Morgan fingerprint density at radius 1 is 1.17 bits per heavy atom. The molecule has 0 radical (unpaired) electrons. The zero-order valence-electron chi connectivity index (χ0n) is 12.5. The summed E-state index contributed by atoms with van der Waals surface area (Å²) in [7, 11) is 0. The Morgan fingerprint density at radius 2 is 1.89 bits per heavy atom. The van der Waals surface area contributed by atoms with E-state index in [1.165, 1.54) is 43.3 Å². The van der Waals surface area contributed by atoms with Gasteiger partial charge in [0.15, 0.2) is 0 Å². The van der Waals surface area contributed by atoms with E-state index in [1.807, 2.05) is 6.08 Å². The largest absolute Gasteiger partial charge is 0.122 e. The van der Waals surface area contributed by atoms with E-state index < -0.39 is 0 Å². The first-order chi connectivity index (χ1) is 8.63. The fraction of sp³-hybridized carbons (Fsp3) is 0.647. The second-order valence-corrected chi connectivity index (χ2v) is 5.30. The van der Waals surface area contributed by atoms with Crippen LogP contribution in [-0.4, -0.2) is 5.88 Å². The summed E-state index contributed by atoms with van der Waals surface area (Å²) in [4.78, 5) is 0. The van der Waals surface area contributed by atoms with Crippen LogP contribution in [0.15, 0.2) is 35.5 Å². The van der Waals surface area contributed by atoms with E-state index in [4.69, 9.17) is 11.6 Å². The highest BCUT2D eigenvalue weighted by Gasteiger charge is 2.02. The fourth-order valence-electron chi connectivity index (χ4n) is 1.83. The van der Waals surface area contributed by atoms with Crippen molar-refractivity contribution in [2.75, 3.05) is 5.88 Å². The summed E-state index contributed by atoms with van der Waals surface area (Å²) >= 11 is 5.66. The molecule has 0 N–H and O–H groups in total. The van der Waals surface area contributed by atoms with Crippen LogP contribution in [0.1, 0.15) is 59.8 Å². The summed E-state index contributed by atoms with van der Waals surface area (Å²) in [5.74, 6) is 1.42. The van der Waals surface area contributed by atoms with E-state index in [0.29, 0.717) is 5.88 Å². The number of hydrogen-bond donors (Lipinski definition) is 0. The van der Waals surface area contributed by atoms with Gasteiger partial charge < -0.3 is 0 Å². The normalized spacial score (nSPS) is 15.4. The van der Waals surface area contributed by atoms with E-state index in [-0.39, 0.29) is 0 Å². The lowest BCUT2D eigenvalue weighted by molar-refractivity contribution is 0.480. The van der Waals surface area contributed by atoms with Crippen molar-refractivity contribution in [2.24, 2.45) is 5.92 Å². The summed E-state index contributed by atoms with van der Waals surface area (Å²) < 4.78 is 0. The van der Waals surface area contributed by atoms with E-state index in [1.54, 1.807) is 0 Å². The Hall–Kier alpha value is -0.490. The molecule has 0 saturated carbocycles. The minimum Gasteiger partial charge on any atom is -0.122 e. The van der Waals surface area contributed by atoms with Crippen molar-refractivity contribution in [1.82, 2.24) is 0 Å². The Bertz CT molecular complexity index is 284. The van der Waals surface area contributed by atoms with Crippen LogP contribution in [0, 0.1) is 5.92 Å². The predicted molar refractivity (Wildman–Crippen MR) is 85.3 cm³/mol. The van der Waals surface area contributed by atoms with Crippen LogP contribution in [0.3, 0.4) is 0 Å². The first-order valence-electron chi connectivity index (χ1n) is 7.18. The Morgan fingerprint density at radius 3 is 2.44 bits per heavy atom. The van der Waals surface area contributed by atoms with Crippen molar-refractivity contribution in [3.05, 3.63) is 35.5 Å². The maximum absolute atomic E-state index is 5.66. The van der Waals surface area contributed by atoms with Crippen LogP contribution >= 0.6 is 11.6 Å². The van der Waals surface area contributed by atoms with Gasteiger partial charge in [-0.3, -0.25) is 0 Å². The van der Waals surface area contributed by atoms with Crippen molar-refractivity contribution in [3.8, 4) is 0 Å². The number of halogens is 1. The molecule has 0 aromatic rings. The number of hydrogen-bond acceptors (Lipinski definition) is 0. The smallest absolute Gasteiger partial charge is 0.0409 e. The summed E-state index contributed by atoms with van der Waals surface area (Å²) in [6.07, 6.45) is 15.1. The summed E-state index contributed by atoms with van der Waals surface area (Å²) in [6, 6.07) is 0. The van der Waals surface area contributed by atoms with Crippen LogP contribution in [0.4, 0.5) is 0 Å². The maximum Gasteiger partial charge on any atom is 0.0409 e. The van der Waals surface area contributed by atoms with Crippen LogP contribution in [-0.2, 0) is 0 Å². The minimum atomic E-state index is 0.606. The third-order valence-corrected chi connectivity index (χ3v) is 3.61. The molecular weight excluding hydrogens is 240 g/mol. The molecule has 0 fully saturated rings. The monoisotopic (exact) mass is 268 g/mol. The molecule has 0 rings (SSSR count). The first kappa shape index (κ1) is 17.5. The second-order valence-electron chi connectivity index (χ2n) is 5.00. The van der Waals surface area contributed by atoms with Crippen LogP contribution in [0.25, 0.3) is 0 Å². The molecule has 1 atom stereocenters. The average Bonchev–Trinajstić information content (AvgIpc) is 2.36. The summed E-state index contributed by atoms with van der Waals surface area (Å²) in [5.41, 5.74) is 2.78. The molecule has 0 saturated heterocycles. The van der Waals surface area contributed by atoms with Crippen LogP contribution in [0.5, 0.6) is 0 Å². The first-order valence-corrected chi connectivity index (χ1v) is 7.72. The molecule has 1 heteroatoms. The third kappa shape index (κ3) is 9.53. The summed E-state index contributed by atoms with van der Waals surface area (Å²) in [6.45, 7) is 8.84. The van der Waals surface area contributed by atoms with E-state index >= 15 is 0 Å². The lowest BCUT2D eigenvalue weighted by Gasteiger charge is -2.11. The summed E-state index contributed by atoms with van der Waals surface area (Å²) in [5, 5.41) is 0. The molecule has 0 aromatic carbocycles. The van der Waals surface area contributed by atoms with Gasteiger partial charge >= 0.3 is 0 Å². The Labute approximate surface area is 119 Å². The molecule has 0 amide bonds. The number of alkyl halides is 1. The molecule has 0 aromatic heterocycles. The third-order valence-electron chi connectivity index (χ3n) is 3.45. The van der Waals surface area contributed by atoms with Crippen molar-refractivity contribution in [1.29, 1.82) is 0 Å². The molecule has 18 heavy (non-hydrogen) atoms. The molecule has 0 aliphatic rings. The number of rotatable bonds is 9. The van der Waals surface area contributed by atoms with Crippen molar-refractivity contribution >= 4 is 11.6 Å². The average molecular weight is 269 g/mol. The zero-order valence-corrected chi connectivity index (χ0v) is 13.3. The van der Waals surface area contributed by atoms with Gasteiger partial charge in [0.1, 0.15) is 0 Å². The van der Waals surface area contributed by atoms with E-state index in [0.717, 1.165) is 5.92 Å². The molecule has 1 unspecified atom stereocenters. The molecule has 104 valence electrons. The topological polar surface area (TPSA) is 0 Å². The lowest BCUT2D eigenvalue weighted by atomic mass is 9.95. The fourth-order valence-corrected chi connectivity index (χ4v) is 2.08. The van der Waals surface area contributed by atoms with Gasteiger partial charge in [0, 0.05) is 5.88 Å².